The Morgan fingerprint density at radius 3 is 1.47 bits per heavy atom. The van der Waals surface area contributed by atoms with Crippen LogP contribution in [0.4, 0.5) is 0 Å². The average molecular weight is 315 g/mol. The third-order valence-corrected chi connectivity index (χ3v) is 1.39. The first-order chi connectivity index (χ1) is 7.04. The fraction of sp³-hybridized carbons (Fsp3) is 0.200. The molecule has 0 unspecified atom stereocenters. The Morgan fingerprint density at radius 2 is 1.27 bits per heavy atom. The molecule has 2 N–H and O–H groups in total. The first-order valence-corrected chi connectivity index (χ1v) is 9.89. The second-order valence-electron chi connectivity index (χ2n) is 2.66. The van der Waals surface area contributed by atoms with E-state index in [1.54, 1.807) is 0 Å². The fourth-order valence-corrected chi connectivity index (χ4v) is 0.856. The summed E-state index contributed by atoms with van der Waals surface area (Å²) >= 11 is 0.230. The number of carbonyl (C=O) groups is 2. The standard InChI is InChI=1S/C8H6O4.2CH3.Sn/c9-7(10)5-3-1-2-4-6(5)8(11)12;;;/h1-4H,(H,9,10)(H,11,12);2*1H3;. The fourth-order valence-electron chi connectivity index (χ4n) is 0.856. The average Bonchev–Trinajstić information content (AvgIpc) is 2.19. The maximum absolute atomic E-state index is 10.5. The van der Waals surface area contributed by atoms with E-state index in [0.717, 1.165) is 0 Å². The van der Waals surface area contributed by atoms with Crippen molar-refractivity contribution in [1.29, 1.82) is 0 Å². The molecule has 5 heteroatoms. The Kier molecular flexibility index (Phi) is 6.77. The van der Waals surface area contributed by atoms with Crippen molar-refractivity contribution in [2.24, 2.45) is 0 Å². The van der Waals surface area contributed by atoms with Gasteiger partial charge in [-0.1, -0.05) is 12.1 Å². The van der Waals surface area contributed by atoms with Gasteiger partial charge in [0.15, 0.2) is 0 Å². The van der Waals surface area contributed by atoms with Gasteiger partial charge in [-0.3, -0.25) is 0 Å². The molecule has 1 aromatic carbocycles. The molecule has 0 fully saturated rings. The van der Waals surface area contributed by atoms with Crippen LogP contribution in [0.5, 0.6) is 0 Å². The minimum atomic E-state index is -1.23. The number of aromatic carboxylic acids is 2. The topological polar surface area (TPSA) is 74.6 Å². The molecule has 0 saturated carbocycles. The third kappa shape index (κ3) is 4.83. The number of carboxylic acid groups (broad SMARTS) is 2. The van der Waals surface area contributed by atoms with Crippen LogP contribution >= 0.6 is 0 Å². The van der Waals surface area contributed by atoms with Crippen LogP contribution < -0.4 is 0 Å². The number of hydrogen-bond donors (Lipinski definition) is 2. The molecular weight excluding hydrogens is 303 g/mol. The van der Waals surface area contributed by atoms with Crippen molar-refractivity contribution in [3.05, 3.63) is 35.4 Å². The zero-order valence-corrected chi connectivity index (χ0v) is 11.4. The summed E-state index contributed by atoms with van der Waals surface area (Å²) in [6.45, 7) is 0. The van der Waals surface area contributed by atoms with E-state index >= 15 is 0 Å². The van der Waals surface area contributed by atoms with Gasteiger partial charge in [0, 0.05) is 0 Å². The number of carboxylic acids is 2. The van der Waals surface area contributed by atoms with Crippen LogP contribution in [0.1, 0.15) is 20.7 Å². The molecule has 15 heavy (non-hydrogen) atoms. The summed E-state index contributed by atoms with van der Waals surface area (Å²) in [6, 6.07) is 5.48. The summed E-state index contributed by atoms with van der Waals surface area (Å²) in [5, 5.41) is 17.1. The summed E-state index contributed by atoms with van der Waals surface area (Å²) in [5.41, 5.74) is -0.380. The van der Waals surface area contributed by atoms with Gasteiger partial charge in [-0.2, -0.15) is 0 Å². The van der Waals surface area contributed by atoms with Crippen LogP contribution in [0.2, 0.25) is 9.88 Å². The molecular formula is C10H12O4Sn. The summed E-state index contributed by atoms with van der Waals surface area (Å²) in [5.74, 6) is -2.46. The molecule has 0 aliphatic rings. The molecule has 0 amide bonds. The molecule has 4 nitrogen and oxygen atoms in total. The Hall–Kier alpha value is -1.04. The monoisotopic (exact) mass is 316 g/mol. The van der Waals surface area contributed by atoms with Crippen molar-refractivity contribution >= 4 is 33.1 Å². The van der Waals surface area contributed by atoms with Gasteiger partial charge < -0.3 is 10.2 Å². The van der Waals surface area contributed by atoms with E-state index in [0.29, 0.717) is 0 Å². The number of hydrogen-bond acceptors (Lipinski definition) is 2. The van der Waals surface area contributed by atoms with Crippen molar-refractivity contribution in [3.8, 4) is 0 Å². The normalized spacial score (nSPS) is 8.67. The summed E-state index contributed by atoms with van der Waals surface area (Å²) in [4.78, 5) is 25.5. The van der Waals surface area contributed by atoms with Crippen LogP contribution in [0.25, 0.3) is 0 Å². The Balaban J connectivity index is 0.000000583. The SMILES string of the molecule is O=C(O)c1ccccc1C(=O)O.[CH3][Sn][CH3]. The van der Waals surface area contributed by atoms with Gasteiger partial charge >= 0.3 is 43.0 Å². The molecule has 0 saturated heterocycles. The molecule has 0 aromatic heterocycles. The van der Waals surface area contributed by atoms with Crippen LogP contribution in [-0.4, -0.2) is 43.3 Å². The summed E-state index contributed by atoms with van der Waals surface area (Å²) in [6.07, 6.45) is 0. The van der Waals surface area contributed by atoms with Crippen LogP contribution in [0, 0.1) is 0 Å². The van der Waals surface area contributed by atoms with E-state index in [4.69, 9.17) is 10.2 Å². The quantitative estimate of drug-likeness (QED) is 0.817. The molecule has 1 aromatic rings. The second-order valence-corrected chi connectivity index (χ2v) is 5.51. The third-order valence-electron chi connectivity index (χ3n) is 1.39. The first kappa shape index (κ1) is 14.0. The van der Waals surface area contributed by atoms with E-state index in [9.17, 15) is 9.59 Å². The van der Waals surface area contributed by atoms with Crippen molar-refractivity contribution < 1.29 is 19.8 Å². The Labute approximate surface area is 98.2 Å². The summed E-state index contributed by atoms with van der Waals surface area (Å²) in [7, 11) is 0. The zero-order chi connectivity index (χ0) is 11.8. The molecule has 2 radical (unpaired) electrons. The molecule has 80 valence electrons. The second kappa shape index (κ2) is 7.28. The van der Waals surface area contributed by atoms with E-state index in [2.05, 4.69) is 9.88 Å². The molecule has 1 rings (SSSR count). The van der Waals surface area contributed by atoms with Gasteiger partial charge in [0.05, 0.1) is 11.1 Å². The summed E-state index contributed by atoms with van der Waals surface area (Å²) < 4.78 is 0. The van der Waals surface area contributed by atoms with E-state index in [1.165, 1.54) is 24.3 Å². The molecule has 0 aliphatic heterocycles. The van der Waals surface area contributed by atoms with Gasteiger partial charge in [0.1, 0.15) is 0 Å². The molecule has 0 heterocycles. The maximum atomic E-state index is 10.5. The van der Waals surface area contributed by atoms with Gasteiger partial charge in [0.2, 0.25) is 0 Å². The molecule has 0 atom stereocenters. The minimum absolute atomic E-state index is 0.190. The van der Waals surface area contributed by atoms with Crippen LogP contribution in [0.15, 0.2) is 24.3 Å². The van der Waals surface area contributed by atoms with E-state index in [-0.39, 0.29) is 32.3 Å². The van der Waals surface area contributed by atoms with Crippen molar-refractivity contribution in [2.45, 2.75) is 9.88 Å². The zero-order valence-electron chi connectivity index (χ0n) is 8.52. The Morgan fingerprint density at radius 1 is 1.00 bits per heavy atom. The molecule has 0 aliphatic carbocycles. The number of benzene rings is 1. The first-order valence-electron chi connectivity index (χ1n) is 4.18. The Bertz CT molecular complexity index is 316. The molecule has 0 spiro atoms. The van der Waals surface area contributed by atoms with Gasteiger partial charge in [-0.05, 0) is 12.1 Å². The van der Waals surface area contributed by atoms with Gasteiger partial charge in [-0.15, -0.1) is 0 Å². The van der Waals surface area contributed by atoms with E-state index in [1.807, 2.05) is 0 Å². The predicted octanol–water partition coefficient (Wildman–Crippen LogP) is 1.87. The van der Waals surface area contributed by atoms with Crippen molar-refractivity contribution in [2.75, 3.05) is 0 Å². The van der Waals surface area contributed by atoms with Gasteiger partial charge in [-0.25, -0.2) is 9.59 Å². The van der Waals surface area contributed by atoms with Crippen molar-refractivity contribution in [1.82, 2.24) is 0 Å². The molecule has 0 bridgehead atoms. The predicted molar refractivity (Wildman–Crippen MR) is 57.8 cm³/mol. The van der Waals surface area contributed by atoms with Gasteiger partial charge in [0.25, 0.3) is 0 Å². The van der Waals surface area contributed by atoms with E-state index < -0.39 is 11.9 Å². The number of rotatable bonds is 2. The van der Waals surface area contributed by atoms with Crippen molar-refractivity contribution in [3.63, 3.8) is 0 Å². The van der Waals surface area contributed by atoms with Crippen LogP contribution in [0.3, 0.4) is 0 Å². The van der Waals surface area contributed by atoms with Crippen LogP contribution in [-0.2, 0) is 0 Å².